The number of methoxy groups -OCH3 is 1. The molecule has 0 aliphatic carbocycles. The van der Waals surface area contributed by atoms with Gasteiger partial charge in [0.15, 0.2) is 17.3 Å². The maximum Gasteiger partial charge on any atom is 0.209 e. The number of ether oxygens (including phenoxy) is 2. The van der Waals surface area contributed by atoms with Crippen molar-refractivity contribution in [2.24, 2.45) is 5.73 Å². The summed E-state index contributed by atoms with van der Waals surface area (Å²) in [5.41, 5.74) is 5.15. The van der Waals surface area contributed by atoms with E-state index in [-0.39, 0.29) is 31.3 Å². The lowest BCUT2D eigenvalue weighted by atomic mass is 10.3. The van der Waals surface area contributed by atoms with Gasteiger partial charge in [0.1, 0.15) is 6.61 Å². The molecule has 0 radical (unpaired) electrons. The van der Waals surface area contributed by atoms with E-state index in [0.717, 1.165) is 6.07 Å². The lowest BCUT2D eigenvalue weighted by Gasteiger charge is -2.09. The van der Waals surface area contributed by atoms with Gasteiger partial charge in [-0.25, -0.2) is 4.39 Å². The first-order valence-corrected chi connectivity index (χ1v) is 4.05. The first-order chi connectivity index (χ1) is 6.70. The van der Waals surface area contributed by atoms with Crippen LogP contribution in [0.4, 0.5) is 8.78 Å². The number of hydrogen-bond donors (Lipinski definition) is 1. The monoisotopic (exact) mass is 239 g/mol. The number of benzene rings is 1. The van der Waals surface area contributed by atoms with E-state index < -0.39 is 17.4 Å². The normalized spacial score (nSPS) is 9.33. The van der Waals surface area contributed by atoms with Crippen LogP contribution in [-0.2, 0) is 0 Å². The fourth-order valence-corrected chi connectivity index (χ4v) is 0.965. The minimum absolute atomic E-state index is 0. The van der Waals surface area contributed by atoms with Gasteiger partial charge in [0.05, 0.1) is 7.11 Å². The van der Waals surface area contributed by atoms with E-state index in [4.69, 9.17) is 10.5 Å². The molecule has 3 nitrogen and oxygen atoms in total. The minimum atomic E-state index is -0.846. The average Bonchev–Trinajstić information content (AvgIpc) is 2.18. The Balaban J connectivity index is 0.00000196. The molecule has 0 aliphatic rings. The summed E-state index contributed by atoms with van der Waals surface area (Å²) in [6.45, 7) is 0.247. The van der Waals surface area contributed by atoms with E-state index in [1.54, 1.807) is 0 Å². The van der Waals surface area contributed by atoms with Crippen molar-refractivity contribution >= 4 is 12.4 Å². The molecule has 0 bridgehead atoms. The molecular weight excluding hydrogens is 228 g/mol. The molecule has 0 fully saturated rings. The maximum atomic E-state index is 13.3. The van der Waals surface area contributed by atoms with Crippen LogP contribution in [0.1, 0.15) is 0 Å². The van der Waals surface area contributed by atoms with E-state index in [0.29, 0.717) is 0 Å². The van der Waals surface area contributed by atoms with Gasteiger partial charge < -0.3 is 15.2 Å². The molecule has 0 saturated carbocycles. The summed E-state index contributed by atoms with van der Waals surface area (Å²) in [5.74, 6) is -2.12. The van der Waals surface area contributed by atoms with Crippen molar-refractivity contribution in [2.75, 3.05) is 20.3 Å². The highest BCUT2D eigenvalue weighted by atomic mass is 35.5. The molecule has 0 amide bonds. The van der Waals surface area contributed by atoms with Crippen LogP contribution < -0.4 is 15.2 Å². The van der Waals surface area contributed by atoms with Crippen molar-refractivity contribution in [1.29, 1.82) is 0 Å². The van der Waals surface area contributed by atoms with Crippen molar-refractivity contribution < 1.29 is 18.3 Å². The van der Waals surface area contributed by atoms with Crippen molar-refractivity contribution in [3.05, 3.63) is 23.8 Å². The summed E-state index contributed by atoms with van der Waals surface area (Å²) >= 11 is 0. The standard InChI is InChI=1S/C9H11F2NO2.ClH/c1-13-7-3-2-6(10)9(8(7)11)14-5-4-12;/h2-3H,4-5,12H2,1H3;1H. The van der Waals surface area contributed by atoms with E-state index >= 15 is 0 Å². The Kier molecular flexibility index (Phi) is 5.96. The van der Waals surface area contributed by atoms with Crippen LogP contribution in [0.15, 0.2) is 12.1 Å². The number of rotatable bonds is 4. The van der Waals surface area contributed by atoms with Gasteiger partial charge in [-0.3, -0.25) is 0 Å². The summed E-state index contributed by atoms with van der Waals surface area (Å²) in [4.78, 5) is 0. The molecule has 0 aromatic heterocycles. The molecule has 0 spiro atoms. The second kappa shape index (κ2) is 6.42. The Morgan fingerprint density at radius 3 is 2.53 bits per heavy atom. The van der Waals surface area contributed by atoms with Crippen molar-refractivity contribution in [1.82, 2.24) is 0 Å². The molecule has 0 heterocycles. The van der Waals surface area contributed by atoms with Gasteiger partial charge >= 0.3 is 0 Å². The third-order valence-electron chi connectivity index (χ3n) is 1.60. The zero-order valence-electron chi connectivity index (χ0n) is 8.13. The molecule has 6 heteroatoms. The predicted octanol–water partition coefficient (Wildman–Crippen LogP) is 1.73. The Morgan fingerprint density at radius 2 is 2.00 bits per heavy atom. The highest BCUT2D eigenvalue weighted by Crippen LogP contribution is 2.29. The van der Waals surface area contributed by atoms with Crippen LogP contribution in [0.2, 0.25) is 0 Å². The molecule has 0 atom stereocenters. The molecule has 0 unspecified atom stereocenters. The minimum Gasteiger partial charge on any atom is -0.494 e. The van der Waals surface area contributed by atoms with Crippen LogP contribution in [0.5, 0.6) is 11.5 Å². The molecule has 0 aliphatic heterocycles. The van der Waals surface area contributed by atoms with Gasteiger partial charge in [0, 0.05) is 6.54 Å². The van der Waals surface area contributed by atoms with Gasteiger partial charge in [-0.1, -0.05) is 0 Å². The highest BCUT2D eigenvalue weighted by molar-refractivity contribution is 5.85. The lowest BCUT2D eigenvalue weighted by molar-refractivity contribution is 0.284. The number of hydrogen-bond acceptors (Lipinski definition) is 3. The van der Waals surface area contributed by atoms with Crippen LogP contribution in [0, 0.1) is 11.6 Å². The Bertz CT molecular complexity index is 323. The molecule has 2 N–H and O–H groups in total. The Labute approximate surface area is 92.6 Å². The van der Waals surface area contributed by atoms with Gasteiger partial charge in [0.25, 0.3) is 0 Å². The topological polar surface area (TPSA) is 44.5 Å². The number of nitrogens with two attached hydrogens (primary N) is 1. The van der Waals surface area contributed by atoms with E-state index in [2.05, 4.69) is 4.74 Å². The zero-order valence-corrected chi connectivity index (χ0v) is 8.94. The number of halogens is 3. The largest absolute Gasteiger partial charge is 0.494 e. The third kappa shape index (κ3) is 3.21. The predicted molar refractivity (Wildman–Crippen MR) is 54.7 cm³/mol. The SMILES string of the molecule is COc1ccc(F)c(OCCN)c1F.Cl. The molecular formula is C9H12ClF2NO2. The third-order valence-corrected chi connectivity index (χ3v) is 1.60. The first-order valence-electron chi connectivity index (χ1n) is 4.05. The smallest absolute Gasteiger partial charge is 0.209 e. The van der Waals surface area contributed by atoms with E-state index in [9.17, 15) is 8.78 Å². The summed E-state index contributed by atoms with van der Waals surface area (Å²) in [7, 11) is 1.29. The first kappa shape index (κ1) is 13.9. The van der Waals surface area contributed by atoms with Crippen molar-refractivity contribution in [3.8, 4) is 11.5 Å². The Hall–Kier alpha value is -1.07. The maximum absolute atomic E-state index is 13.3. The zero-order chi connectivity index (χ0) is 10.6. The molecule has 1 rings (SSSR count). The second-order valence-electron chi connectivity index (χ2n) is 2.53. The molecule has 15 heavy (non-hydrogen) atoms. The summed E-state index contributed by atoms with van der Waals surface area (Å²) in [6, 6.07) is 2.27. The van der Waals surface area contributed by atoms with Gasteiger partial charge in [-0.15, -0.1) is 12.4 Å². The molecule has 1 aromatic carbocycles. The van der Waals surface area contributed by atoms with Crippen molar-refractivity contribution in [3.63, 3.8) is 0 Å². The van der Waals surface area contributed by atoms with Crippen molar-refractivity contribution in [2.45, 2.75) is 0 Å². The van der Waals surface area contributed by atoms with E-state index in [1.807, 2.05) is 0 Å². The van der Waals surface area contributed by atoms with Crippen LogP contribution in [0.3, 0.4) is 0 Å². The molecule has 0 saturated heterocycles. The summed E-state index contributed by atoms with van der Waals surface area (Å²) in [6.07, 6.45) is 0. The quantitative estimate of drug-likeness (QED) is 0.870. The van der Waals surface area contributed by atoms with Gasteiger partial charge in [-0.2, -0.15) is 4.39 Å². The fourth-order valence-electron chi connectivity index (χ4n) is 0.965. The molecule has 1 aromatic rings. The summed E-state index contributed by atoms with van der Waals surface area (Å²) in [5, 5.41) is 0. The fraction of sp³-hybridized carbons (Fsp3) is 0.333. The van der Waals surface area contributed by atoms with Crippen LogP contribution in [0.25, 0.3) is 0 Å². The Morgan fingerprint density at radius 1 is 1.33 bits per heavy atom. The highest BCUT2D eigenvalue weighted by Gasteiger charge is 2.15. The van der Waals surface area contributed by atoms with Crippen LogP contribution >= 0.6 is 12.4 Å². The average molecular weight is 240 g/mol. The van der Waals surface area contributed by atoms with Gasteiger partial charge in [0.2, 0.25) is 5.82 Å². The summed E-state index contributed by atoms with van der Waals surface area (Å²) < 4.78 is 35.8. The van der Waals surface area contributed by atoms with E-state index in [1.165, 1.54) is 13.2 Å². The molecule has 86 valence electrons. The second-order valence-corrected chi connectivity index (χ2v) is 2.53. The van der Waals surface area contributed by atoms with Gasteiger partial charge in [-0.05, 0) is 12.1 Å². The van der Waals surface area contributed by atoms with Crippen LogP contribution in [-0.4, -0.2) is 20.3 Å². The lowest BCUT2D eigenvalue weighted by Crippen LogP contribution is -2.12.